The van der Waals surface area contributed by atoms with E-state index in [1.54, 1.807) is 12.4 Å². The number of fused-ring (bicyclic) bond motifs is 3. The Morgan fingerprint density at radius 2 is 2.00 bits per heavy atom. The van der Waals surface area contributed by atoms with Crippen LogP contribution in [-0.2, 0) is 0 Å². The third-order valence-corrected chi connectivity index (χ3v) is 2.98. The number of hydrogen-bond donors (Lipinski definition) is 1. The normalized spacial score (nSPS) is 17.3. The molecule has 1 atom stereocenters. The molecule has 0 saturated heterocycles. The Labute approximate surface area is 92.2 Å². The van der Waals surface area contributed by atoms with Crippen molar-refractivity contribution in [3.8, 4) is 11.1 Å². The predicted octanol–water partition coefficient (Wildman–Crippen LogP) is 2.80. The van der Waals surface area contributed by atoms with Crippen molar-refractivity contribution in [1.82, 2.24) is 4.98 Å². The smallest absolute Gasteiger partial charge is 0.105 e. The van der Waals surface area contributed by atoms with Gasteiger partial charge in [0.2, 0.25) is 0 Å². The molecule has 3 rings (SSSR count). The molecule has 0 spiro atoms. The molecule has 1 N–H and O–H groups in total. The van der Waals surface area contributed by atoms with Gasteiger partial charge in [-0.15, -0.1) is 0 Å². The first-order chi connectivity index (χ1) is 7.27. The quantitative estimate of drug-likeness (QED) is 0.736. The van der Waals surface area contributed by atoms with Gasteiger partial charge in [-0.1, -0.05) is 17.7 Å². The molecule has 1 aromatic heterocycles. The molecule has 3 heteroatoms. The monoisotopic (exact) mass is 217 g/mol. The zero-order valence-corrected chi connectivity index (χ0v) is 8.57. The average molecular weight is 218 g/mol. The number of pyridine rings is 1. The molecule has 74 valence electrons. The third-order valence-electron chi connectivity index (χ3n) is 2.75. The maximum atomic E-state index is 10.1. The Kier molecular flexibility index (Phi) is 1.81. The molecule has 1 aromatic carbocycles. The van der Waals surface area contributed by atoms with E-state index < -0.39 is 6.10 Å². The molecule has 0 amide bonds. The van der Waals surface area contributed by atoms with Crippen LogP contribution in [-0.4, -0.2) is 10.1 Å². The number of hydrogen-bond acceptors (Lipinski definition) is 2. The van der Waals surface area contributed by atoms with Crippen molar-refractivity contribution in [1.29, 1.82) is 0 Å². The van der Waals surface area contributed by atoms with E-state index in [0.29, 0.717) is 5.02 Å². The first kappa shape index (κ1) is 8.89. The van der Waals surface area contributed by atoms with E-state index >= 15 is 0 Å². The summed E-state index contributed by atoms with van der Waals surface area (Å²) in [5.41, 5.74) is 3.79. The van der Waals surface area contributed by atoms with Crippen molar-refractivity contribution in [2.75, 3.05) is 0 Å². The highest BCUT2D eigenvalue weighted by Gasteiger charge is 2.26. The van der Waals surface area contributed by atoms with Gasteiger partial charge in [0.1, 0.15) is 6.10 Å². The first-order valence-electron chi connectivity index (χ1n) is 4.69. The van der Waals surface area contributed by atoms with Crippen molar-refractivity contribution in [3.63, 3.8) is 0 Å². The molecule has 15 heavy (non-hydrogen) atoms. The van der Waals surface area contributed by atoms with Crippen LogP contribution in [0.4, 0.5) is 0 Å². The van der Waals surface area contributed by atoms with Crippen LogP contribution in [0.25, 0.3) is 11.1 Å². The van der Waals surface area contributed by atoms with Crippen molar-refractivity contribution in [3.05, 3.63) is 52.8 Å². The number of aliphatic hydroxyl groups excluding tert-OH is 1. The van der Waals surface area contributed by atoms with E-state index in [4.69, 9.17) is 11.6 Å². The summed E-state index contributed by atoms with van der Waals surface area (Å²) in [6, 6.07) is 7.40. The number of rotatable bonds is 0. The number of benzene rings is 1. The minimum Gasteiger partial charge on any atom is -0.384 e. The number of aromatic nitrogens is 1. The molecule has 0 aliphatic heterocycles. The van der Waals surface area contributed by atoms with Crippen molar-refractivity contribution >= 4 is 11.6 Å². The highest BCUT2D eigenvalue weighted by Crippen LogP contribution is 2.43. The summed E-state index contributed by atoms with van der Waals surface area (Å²) in [5.74, 6) is 0. The topological polar surface area (TPSA) is 33.1 Å². The Balaban J connectivity index is 2.32. The maximum absolute atomic E-state index is 10.1. The van der Waals surface area contributed by atoms with Crippen molar-refractivity contribution < 1.29 is 5.11 Å². The van der Waals surface area contributed by atoms with E-state index in [9.17, 15) is 5.11 Å². The zero-order chi connectivity index (χ0) is 10.4. The second kappa shape index (κ2) is 3.05. The molecule has 1 aliphatic carbocycles. The maximum Gasteiger partial charge on any atom is 0.105 e. The van der Waals surface area contributed by atoms with Gasteiger partial charge in [-0.3, -0.25) is 4.98 Å². The first-order valence-corrected chi connectivity index (χ1v) is 5.07. The molecule has 0 bridgehead atoms. The molecular formula is C12H8ClNO. The molecular weight excluding hydrogens is 210 g/mol. The van der Waals surface area contributed by atoms with Crippen molar-refractivity contribution in [2.45, 2.75) is 6.10 Å². The summed E-state index contributed by atoms with van der Waals surface area (Å²) in [7, 11) is 0. The van der Waals surface area contributed by atoms with Crippen LogP contribution in [0, 0.1) is 0 Å². The van der Waals surface area contributed by atoms with Crippen molar-refractivity contribution in [2.24, 2.45) is 0 Å². The predicted molar refractivity (Wildman–Crippen MR) is 58.7 cm³/mol. The summed E-state index contributed by atoms with van der Waals surface area (Å²) in [5, 5.41) is 10.7. The van der Waals surface area contributed by atoms with Gasteiger partial charge in [0.15, 0.2) is 0 Å². The van der Waals surface area contributed by atoms with Crippen LogP contribution < -0.4 is 0 Å². The number of nitrogens with zero attached hydrogens (tertiary/aromatic N) is 1. The molecule has 1 aliphatic rings. The number of halogens is 1. The van der Waals surface area contributed by atoms with E-state index in [1.807, 2.05) is 24.3 Å². The lowest BCUT2D eigenvalue weighted by Crippen LogP contribution is -1.93. The van der Waals surface area contributed by atoms with Crippen LogP contribution in [0.15, 0.2) is 36.7 Å². The molecule has 2 nitrogen and oxygen atoms in total. The summed E-state index contributed by atoms with van der Waals surface area (Å²) in [6.45, 7) is 0. The average Bonchev–Trinajstić information content (AvgIpc) is 2.54. The molecule has 1 unspecified atom stereocenters. The largest absolute Gasteiger partial charge is 0.384 e. The molecule has 2 aromatic rings. The van der Waals surface area contributed by atoms with Crippen LogP contribution in [0.3, 0.4) is 0 Å². The Bertz CT molecular complexity index is 539. The minimum atomic E-state index is -0.573. The minimum absolute atomic E-state index is 0.573. The lowest BCUT2D eigenvalue weighted by atomic mass is 10.1. The fourth-order valence-corrected chi connectivity index (χ4v) is 2.22. The third kappa shape index (κ3) is 1.19. The van der Waals surface area contributed by atoms with Crippen LogP contribution in [0.5, 0.6) is 0 Å². The SMILES string of the molecule is OC1c2ccncc2-c2ccc(Cl)cc21. The molecule has 1 heterocycles. The molecule has 0 fully saturated rings. The Hall–Kier alpha value is -1.38. The van der Waals surface area contributed by atoms with Crippen LogP contribution in [0.1, 0.15) is 17.2 Å². The van der Waals surface area contributed by atoms with Gasteiger partial charge in [-0.25, -0.2) is 0 Å². The van der Waals surface area contributed by atoms with Gasteiger partial charge in [-0.2, -0.15) is 0 Å². The van der Waals surface area contributed by atoms with Crippen LogP contribution in [0.2, 0.25) is 5.02 Å². The summed E-state index contributed by atoms with van der Waals surface area (Å²) in [4.78, 5) is 4.07. The second-order valence-corrected chi connectivity index (χ2v) is 4.03. The fraction of sp³-hybridized carbons (Fsp3) is 0.0833. The lowest BCUT2D eigenvalue weighted by molar-refractivity contribution is 0.225. The standard InChI is InChI=1S/C12H8ClNO/c13-7-1-2-8-10(5-7)12(15)9-3-4-14-6-11(8)9/h1-6,12,15H. The van der Waals surface area contributed by atoms with Gasteiger partial charge in [0.05, 0.1) is 0 Å². The Morgan fingerprint density at radius 1 is 1.13 bits per heavy atom. The highest BCUT2D eigenvalue weighted by molar-refractivity contribution is 6.30. The fourth-order valence-electron chi connectivity index (χ4n) is 2.04. The number of aliphatic hydroxyl groups is 1. The van der Waals surface area contributed by atoms with Gasteiger partial charge in [0, 0.05) is 23.0 Å². The van der Waals surface area contributed by atoms with Gasteiger partial charge < -0.3 is 5.11 Å². The van der Waals surface area contributed by atoms with Gasteiger partial charge >= 0.3 is 0 Å². The van der Waals surface area contributed by atoms with E-state index in [1.165, 1.54) is 0 Å². The highest BCUT2D eigenvalue weighted by atomic mass is 35.5. The van der Waals surface area contributed by atoms with Crippen LogP contribution >= 0.6 is 11.6 Å². The lowest BCUT2D eigenvalue weighted by Gasteiger charge is -2.04. The molecule has 0 radical (unpaired) electrons. The second-order valence-electron chi connectivity index (χ2n) is 3.60. The van der Waals surface area contributed by atoms with Gasteiger partial charge in [-0.05, 0) is 34.9 Å². The summed E-state index contributed by atoms with van der Waals surface area (Å²) >= 11 is 5.90. The molecule has 0 saturated carbocycles. The van der Waals surface area contributed by atoms with E-state index in [0.717, 1.165) is 22.3 Å². The van der Waals surface area contributed by atoms with Gasteiger partial charge in [0.25, 0.3) is 0 Å². The van der Waals surface area contributed by atoms with E-state index in [-0.39, 0.29) is 0 Å². The zero-order valence-electron chi connectivity index (χ0n) is 7.81. The summed E-state index contributed by atoms with van der Waals surface area (Å²) < 4.78 is 0. The Morgan fingerprint density at radius 3 is 2.87 bits per heavy atom. The summed E-state index contributed by atoms with van der Waals surface area (Å²) in [6.07, 6.45) is 2.89. The van der Waals surface area contributed by atoms with E-state index in [2.05, 4.69) is 4.98 Å².